The molecule has 0 aromatic heterocycles. The second-order valence-electron chi connectivity index (χ2n) is 9.49. The predicted octanol–water partition coefficient (Wildman–Crippen LogP) is 6.60. The van der Waals surface area contributed by atoms with E-state index in [1.165, 1.54) is 61.5 Å². The molecule has 0 radical (unpaired) electrons. The smallest absolute Gasteiger partial charge is 0.0195 e. The second-order valence-corrected chi connectivity index (χ2v) is 9.49. The fourth-order valence-electron chi connectivity index (χ4n) is 6.30. The molecule has 3 atom stereocenters. The normalized spacial score (nSPS) is 28.0. The molecule has 1 aliphatic heterocycles. The van der Waals surface area contributed by atoms with Crippen LogP contribution in [0.1, 0.15) is 50.2 Å². The van der Waals surface area contributed by atoms with Gasteiger partial charge in [0.15, 0.2) is 0 Å². The summed E-state index contributed by atoms with van der Waals surface area (Å²) in [6.45, 7) is 4.99. The zero-order chi connectivity index (χ0) is 19.7. The minimum atomic E-state index is 0.225. The summed E-state index contributed by atoms with van der Waals surface area (Å²) in [4.78, 5) is 2.86. The van der Waals surface area contributed by atoms with Crippen LogP contribution in [0.15, 0.2) is 72.8 Å². The van der Waals surface area contributed by atoms with Gasteiger partial charge < -0.3 is 0 Å². The highest BCUT2D eigenvalue weighted by Crippen LogP contribution is 2.47. The molecular formula is C28H33N. The maximum absolute atomic E-state index is 2.86. The van der Waals surface area contributed by atoms with E-state index in [2.05, 4.69) is 84.6 Å². The average molecular weight is 384 g/mol. The van der Waals surface area contributed by atoms with Gasteiger partial charge in [-0.05, 0) is 66.5 Å². The first-order chi connectivity index (χ1) is 14.3. The van der Waals surface area contributed by atoms with Gasteiger partial charge >= 0.3 is 0 Å². The second kappa shape index (κ2) is 7.95. The molecule has 3 unspecified atom stereocenters. The van der Waals surface area contributed by atoms with Crippen LogP contribution in [0.2, 0.25) is 0 Å². The monoisotopic (exact) mass is 383 g/mol. The van der Waals surface area contributed by atoms with Gasteiger partial charge in [0.25, 0.3) is 0 Å². The van der Waals surface area contributed by atoms with Crippen LogP contribution in [0, 0.1) is 5.92 Å². The van der Waals surface area contributed by atoms with Gasteiger partial charge in [-0.3, -0.25) is 4.90 Å². The molecule has 1 heterocycles. The van der Waals surface area contributed by atoms with E-state index in [1.807, 2.05) is 0 Å². The van der Waals surface area contributed by atoms with Crippen molar-refractivity contribution in [2.24, 2.45) is 5.92 Å². The van der Waals surface area contributed by atoms with Crippen LogP contribution in [-0.4, -0.2) is 24.0 Å². The molecule has 2 aliphatic rings. The molecule has 5 rings (SSSR count). The van der Waals surface area contributed by atoms with Crippen LogP contribution < -0.4 is 0 Å². The molecule has 1 saturated heterocycles. The summed E-state index contributed by atoms with van der Waals surface area (Å²) in [5.41, 5.74) is 3.29. The summed E-state index contributed by atoms with van der Waals surface area (Å²) in [5, 5.41) is 2.80. The highest BCUT2D eigenvalue weighted by molar-refractivity contribution is 5.85. The number of nitrogens with zero attached hydrogens (tertiary/aromatic N) is 1. The number of likely N-dealkylation sites (tertiary alicyclic amines) is 1. The van der Waals surface area contributed by atoms with E-state index in [4.69, 9.17) is 0 Å². The number of fused-ring (bicyclic) bond motifs is 1. The average Bonchev–Trinajstić information content (AvgIpc) is 3.19. The molecule has 3 aromatic carbocycles. The first kappa shape index (κ1) is 18.9. The highest BCUT2D eigenvalue weighted by atomic mass is 15.2. The van der Waals surface area contributed by atoms with Crippen molar-refractivity contribution in [3.05, 3.63) is 83.9 Å². The Morgan fingerprint density at radius 2 is 1.66 bits per heavy atom. The number of hydrogen-bond acceptors (Lipinski definition) is 1. The summed E-state index contributed by atoms with van der Waals surface area (Å²) < 4.78 is 0. The Morgan fingerprint density at radius 1 is 0.862 bits per heavy atom. The lowest BCUT2D eigenvalue weighted by Gasteiger charge is -2.45. The standard InChI is InChI=1S/C28H33N/c1-22-10-9-19-29(21-22)27-17-8-18-28(27,25-14-3-2-4-15-25)20-24-13-7-12-23-11-5-6-16-26(23)24/h2-7,11-16,22,27H,8-10,17-21H2,1H3. The summed E-state index contributed by atoms with van der Waals surface area (Å²) in [7, 11) is 0. The molecule has 0 spiro atoms. The Labute approximate surface area is 175 Å². The fraction of sp³-hybridized carbons (Fsp3) is 0.429. The van der Waals surface area contributed by atoms with Gasteiger partial charge in [-0.25, -0.2) is 0 Å². The lowest BCUT2D eigenvalue weighted by Crippen LogP contribution is -2.51. The van der Waals surface area contributed by atoms with E-state index in [0.29, 0.717) is 6.04 Å². The Kier molecular flexibility index (Phi) is 5.18. The van der Waals surface area contributed by atoms with Crippen LogP contribution in [0.5, 0.6) is 0 Å². The largest absolute Gasteiger partial charge is 0.299 e. The fourth-order valence-corrected chi connectivity index (χ4v) is 6.30. The van der Waals surface area contributed by atoms with Gasteiger partial charge in [0.05, 0.1) is 0 Å². The first-order valence-corrected chi connectivity index (χ1v) is 11.5. The maximum atomic E-state index is 2.86. The van der Waals surface area contributed by atoms with Crippen molar-refractivity contribution in [1.29, 1.82) is 0 Å². The summed E-state index contributed by atoms with van der Waals surface area (Å²) in [6.07, 6.45) is 7.88. The van der Waals surface area contributed by atoms with Crippen molar-refractivity contribution in [2.45, 2.75) is 56.9 Å². The first-order valence-electron chi connectivity index (χ1n) is 11.5. The quantitative estimate of drug-likeness (QED) is 0.490. The minimum absolute atomic E-state index is 0.225. The maximum Gasteiger partial charge on any atom is 0.0195 e. The van der Waals surface area contributed by atoms with Gasteiger partial charge in [0, 0.05) is 18.0 Å². The number of piperidine rings is 1. The number of benzene rings is 3. The molecule has 29 heavy (non-hydrogen) atoms. The zero-order valence-corrected chi connectivity index (χ0v) is 17.7. The van der Waals surface area contributed by atoms with Gasteiger partial charge in [0.1, 0.15) is 0 Å². The number of rotatable bonds is 4. The minimum Gasteiger partial charge on any atom is -0.299 e. The van der Waals surface area contributed by atoms with Crippen molar-refractivity contribution in [1.82, 2.24) is 4.90 Å². The molecule has 0 amide bonds. The molecular weight excluding hydrogens is 350 g/mol. The van der Waals surface area contributed by atoms with Crippen LogP contribution >= 0.6 is 0 Å². The Hall–Kier alpha value is -2.12. The van der Waals surface area contributed by atoms with Crippen LogP contribution in [0.25, 0.3) is 10.8 Å². The van der Waals surface area contributed by atoms with Crippen molar-refractivity contribution in [2.75, 3.05) is 13.1 Å². The van der Waals surface area contributed by atoms with E-state index in [1.54, 1.807) is 5.56 Å². The SMILES string of the molecule is CC1CCCN(C2CCCC2(Cc2cccc3ccccc23)c2ccccc2)C1. The molecule has 1 aliphatic carbocycles. The summed E-state index contributed by atoms with van der Waals surface area (Å²) in [6, 6.07) is 27.9. The van der Waals surface area contributed by atoms with E-state index in [9.17, 15) is 0 Å². The number of hydrogen-bond donors (Lipinski definition) is 0. The molecule has 1 saturated carbocycles. The third-order valence-corrected chi connectivity index (χ3v) is 7.60. The summed E-state index contributed by atoms with van der Waals surface area (Å²) in [5.74, 6) is 0.829. The van der Waals surface area contributed by atoms with E-state index in [-0.39, 0.29) is 5.41 Å². The van der Waals surface area contributed by atoms with E-state index >= 15 is 0 Å². The molecule has 2 fully saturated rings. The third kappa shape index (κ3) is 3.51. The van der Waals surface area contributed by atoms with Crippen LogP contribution in [0.4, 0.5) is 0 Å². The van der Waals surface area contributed by atoms with Gasteiger partial charge in [-0.15, -0.1) is 0 Å². The van der Waals surface area contributed by atoms with Crippen LogP contribution in [0.3, 0.4) is 0 Å². The zero-order valence-electron chi connectivity index (χ0n) is 17.7. The molecule has 0 bridgehead atoms. The van der Waals surface area contributed by atoms with Crippen molar-refractivity contribution in [3.8, 4) is 0 Å². The van der Waals surface area contributed by atoms with Crippen molar-refractivity contribution in [3.63, 3.8) is 0 Å². The highest BCUT2D eigenvalue weighted by Gasteiger charge is 2.47. The topological polar surface area (TPSA) is 3.24 Å². The third-order valence-electron chi connectivity index (χ3n) is 7.60. The van der Waals surface area contributed by atoms with E-state index in [0.717, 1.165) is 12.3 Å². The Bertz CT molecular complexity index is 957. The molecule has 1 heteroatoms. The predicted molar refractivity (Wildman–Crippen MR) is 123 cm³/mol. The molecule has 1 nitrogen and oxygen atoms in total. The van der Waals surface area contributed by atoms with Crippen molar-refractivity contribution >= 4 is 10.8 Å². The Balaban J connectivity index is 1.59. The van der Waals surface area contributed by atoms with Crippen LogP contribution in [-0.2, 0) is 11.8 Å². The van der Waals surface area contributed by atoms with Crippen molar-refractivity contribution < 1.29 is 0 Å². The molecule has 150 valence electrons. The molecule has 3 aromatic rings. The van der Waals surface area contributed by atoms with Gasteiger partial charge in [0.2, 0.25) is 0 Å². The summed E-state index contributed by atoms with van der Waals surface area (Å²) >= 11 is 0. The lowest BCUT2D eigenvalue weighted by atomic mass is 9.70. The lowest BCUT2D eigenvalue weighted by molar-refractivity contribution is 0.0891. The van der Waals surface area contributed by atoms with E-state index < -0.39 is 0 Å². The van der Waals surface area contributed by atoms with Gasteiger partial charge in [-0.1, -0.05) is 86.1 Å². The van der Waals surface area contributed by atoms with Gasteiger partial charge in [-0.2, -0.15) is 0 Å². The Morgan fingerprint density at radius 3 is 2.52 bits per heavy atom. The molecule has 0 N–H and O–H groups in total.